The van der Waals surface area contributed by atoms with Gasteiger partial charge in [-0.15, -0.1) is 0 Å². The number of aryl methyl sites for hydroxylation is 2. The number of benzene rings is 1. The van der Waals surface area contributed by atoms with Crippen molar-refractivity contribution in [1.82, 2.24) is 41.7 Å². The van der Waals surface area contributed by atoms with Crippen molar-refractivity contribution >= 4 is 90.0 Å². The molecule has 550 valence electrons. The fraction of sp³-hybridized carbons (Fsp3) is 0.652. The Morgan fingerprint density at radius 3 is 1.74 bits per heavy atom. The normalized spacial score (nSPS) is 15.2. The van der Waals surface area contributed by atoms with Gasteiger partial charge in [-0.1, -0.05) is 34.1 Å². The van der Waals surface area contributed by atoms with Gasteiger partial charge >= 0.3 is 12.9 Å². The Balaban J connectivity index is 1.57. The average molecular weight is 1420 g/mol. The number of thioether (sulfide) groups is 1. The number of amides is 7. The van der Waals surface area contributed by atoms with Crippen molar-refractivity contribution < 1.29 is 70.8 Å². The summed E-state index contributed by atoms with van der Waals surface area (Å²) in [5.41, 5.74) is 39.4. The Morgan fingerprint density at radius 1 is 0.653 bits per heavy atom. The predicted molar refractivity (Wildman–Crippen MR) is 382 cm³/mol. The van der Waals surface area contributed by atoms with E-state index in [9.17, 15) is 43.5 Å². The summed E-state index contributed by atoms with van der Waals surface area (Å²) in [7, 11) is 0. The third kappa shape index (κ3) is 24.0. The standard InChI is InChI=1S/C66H110BF2N15O12S2/c1-10-39(4)57(65(91)80-50(66(92)93)20-26-98-9)82-64(90)56(38(2)3)81-63(89)51(37-97)78-55(86)16-22-77-62(88)49(13-11-12-21-76-54(85)15-14-48-58-40(5)27-42(7)83(58)67(68,69)84-43(8)28-41(6)59(48)84)79-61(87)47-29-52(94-23-17-44(31-70)32-71)60(96-25-19-46(35-74)36-75)53(30-47)95-24-18-45(33-72)34-73/h27-30,38-39,44-46,49-51,56-57,97H,10-26,31-37,70-75H2,1-9H3,(H,76,85)(H,77,88)(H,78,86)(H,79,87)(H,80,91)(H,81,89)(H,82,90)(H,92,93)/t39-,49-,50-,51-,56-,57-/m0/s1. The highest BCUT2D eigenvalue weighted by Gasteiger charge is 2.55. The first-order chi connectivity index (χ1) is 46.6. The SMILES string of the molecule is CC[C@H](C)[C@H](NC(=O)[C@@H](NC(=O)[C@H](CS)NC(=O)CCNC(=O)[C@H](CCCCNC(=O)CCC1=C2C(C)=CC(C)=[N+]2[B-](F)(F)n2c(C)cc(C)c21)NC(=O)c1cc(OCCC(CN)CN)c(OCCC(CN)CN)c(OCCC(CN)CN)c1)C(C)C)C(=O)N[C@@H](CCSC)C(=O)O. The van der Waals surface area contributed by atoms with Gasteiger partial charge in [-0.2, -0.15) is 24.4 Å². The van der Waals surface area contributed by atoms with Crippen molar-refractivity contribution in [2.24, 2.45) is 64.0 Å². The summed E-state index contributed by atoms with van der Waals surface area (Å²) in [6, 6.07) is -1.39. The molecule has 6 atom stereocenters. The van der Waals surface area contributed by atoms with Crippen LogP contribution in [0.1, 0.15) is 139 Å². The quantitative estimate of drug-likeness (QED) is 0.0256. The molecule has 2 aliphatic rings. The summed E-state index contributed by atoms with van der Waals surface area (Å²) in [5, 5.41) is 28.8. The molecule has 1 aromatic carbocycles. The van der Waals surface area contributed by atoms with Crippen molar-refractivity contribution in [3.8, 4) is 17.2 Å². The predicted octanol–water partition coefficient (Wildman–Crippen LogP) is 2.17. The number of fused-ring (bicyclic) bond motifs is 2. The van der Waals surface area contributed by atoms with Crippen LogP contribution in [0.4, 0.5) is 8.63 Å². The third-order valence-electron chi connectivity index (χ3n) is 17.9. The third-order valence-corrected chi connectivity index (χ3v) is 18.9. The number of carbonyl (C=O) groups is 8. The van der Waals surface area contributed by atoms with E-state index < -0.39 is 90.4 Å². The largest absolute Gasteiger partial charge is 0.737 e. The van der Waals surface area contributed by atoms with E-state index in [1.54, 1.807) is 60.6 Å². The number of carboxylic acid groups (broad SMARTS) is 1. The first kappa shape index (κ1) is 83.6. The van der Waals surface area contributed by atoms with Crippen LogP contribution >= 0.6 is 24.4 Å². The lowest BCUT2D eigenvalue weighted by Gasteiger charge is -2.34. The number of nitrogens with one attached hydrogen (secondary N) is 7. The number of hydrogen-bond acceptors (Lipinski definition) is 19. The Bertz CT molecular complexity index is 3090. The van der Waals surface area contributed by atoms with Gasteiger partial charge in [0.25, 0.3) is 5.91 Å². The average Bonchev–Trinajstić information content (AvgIpc) is 1.53. The Hall–Kier alpha value is -6.81. The fourth-order valence-electron chi connectivity index (χ4n) is 11.6. The molecule has 0 fully saturated rings. The van der Waals surface area contributed by atoms with Crippen LogP contribution in [0.2, 0.25) is 0 Å². The van der Waals surface area contributed by atoms with E-state index in [1.807, 2.05) is 13.2 Å². The molecular weight excluding hydrogens is 1310 g/mol. The van der Waals surface area contributed by atoms with Crippen LogP contribution in [-0.2, 0) is 33.6 Å². The number of halogens is 2. The van der Waals surface area contributed by atoms with Crippen molar-refractivity contribution in [2.75, 3.05) is 89.9 Å². The Labute approximate surface area is 585 Å². The first-order valence-corrected chi connectivity index (χ1v) is 36.0. The maximum absolute atomic E-state index is 16.2. The number of thiol groups is 1. The summed E-state index contributed by atoms with van der Waals surface area (Å²) < 4.78 is 53.6. The van der Waals surface area contributed by atoms with E-state index in [4.69, 9.17) is 48.6 Å². The molecule has 1 aromatic heterocycles. The summed E-state index contributed by atoms with van der Waals surface area (Å²) in [4.78, 5) is 109. The van der Waals surface area contributed by atoms with E-state index in [1.165, 1.54) is 23.9 Å². The second kappa shape index (κ2) is 41.7. The zero-order chi connectivity index (χ0) is 73.0. The second-order valence-electron chi connectivity index (χ2n) is 25.7. The van der Waals surface area contributed by atoms with Gasteiger partial charge in [0.05, 0.1) is 19.8 Å². The molecule has 27 nitrogen and oxygen atoms in total. The summed E-state index contributed by atoms with van der Waals surface area (Å²) in [6.45, 7) is 11.7. The Morgan fingerprint density at radius 2 is 1.21 bits per heavy atom. The molecular formula is C66H110BF2N15O12S2. The van der Waals surface area contributed by atoms with Gasteiger partial charge < -0.3 is 109 Å². The summed E-state index contributed by atoms with van der Waals surface area (Å²) in [5.74, 6) is -6.20. The summed E-state index contributed by atoms with van der Waals surface area (Å²) >= 11 is 5.73. The molecule has 32 heteroatoms. The highest BCUT2D eigenvalue weighted by molar-refractivity contribution is 7.98. The topological polar surface area (TPSA) is 433 Å². The van der Waals surface area contributed by atoms with E-state index >= 15 is 8.63 Å². The van der Waals surface area contributed by atoms with Crippen LogP contribution in [0, 0.1) is 43.4 Å². The highest BCUT2D eigenvalue weighted by Crippen LogP contribution is 2.44. The van der Waals surface area contributed by atoms with Gasteiger partial charge in [-0.3, -0.25) is 33.6 Å². The van der Waals surface area contributed by atoms with Crippen LogP contribution in [0.5, 0.6) is 17.2 Å². The molecule has 0 unspecified atom stereocenters. The lowest BCUT2D eigenvalue weighted by atomic mass is 9.84. The number of nitrogens with two attached hydrogens (primary N) is 6. The number of nitrogens with zero attached hydrogens (tertiary/aromatic N) is 2. The molecule has 2 aliphatic heterocycles. The van der Waals surface area contributed by atoms with Gasteiger partial charge in [-0.25, -0.2) is 4.79 Å². The number of carbonyl (C=O) groups excluding carboxylic acids is 7. The zero-order valence-corrected chi connectivity index (χ0v) is 60.2. The van der Waals surface area contributed by atoms with E-state index in [2.05, 4.69) is 49.8 Å². The van der Waals surface area contributed by atoms with Crippen molar-refractivity contribution in [2.45, 2.75) is 156 Å². The number of aromatic nitrogens is 1. The number of carboxylic acids is 1. The van der Waals surface area contributed by atoms with Gasteiger partial charge in [0.1, 0.15) is 35.9 Å². The molecule has 0 radical (unpaired) electrons. The minimum atomic E-state index is -4.19. The minimum Gasteiger partial charge on any atom is -0.490 e. The minimum absolute atomic E-state index is 0.00644. The van der Waals surface area contributed by atoms with Gasteiger partial charge in [-0.05, 0) is 182 Å². The lowest BCUT2D eigenvalue weighted by Crippen LogP contribution is -2.60. The van der Waals surface area contributed by atoms with Crippen LogP contribution in [0.3, 0.4) is 0 Å². The van der Waals surface area contributed by atoms with Gasteiger partial charge in [0, 0.05) is 67.1 Å². The highest BCUT2D eigenvalue weighted by atomic mass is 32.2. The van der Waals surface area contributed by atoms with Crippen molar-refractivity contribution in [3.63, 3.8) is 0 Å². The maximum atomic E-state index is 16.2. The molecule has 2 aromatic rings. The molecule has 7 amide bonds. The van der Waals surface area contributed by atoms with Gasteiger partial charge in [0.15, 0.2) is 17.2 Å². The molecule has 3 heterocycles. The monoisotopic (exact) mass is 1420 g/mol. The van der Waals surface area contributed by atoms with E-state index in [0.29, 0.717) is 117 Å². The van der Waals surface area contributed by atoms with Crippen LogP contribution < -0.4 is 85.8 Å². The first-order valence-electron chi connectivity index (χ1n) is 34.0. The van der Waals surface area contributed by atoms with Crippen LogP contribution in [0.25, 0.3) is 5.57 Å². The smallest absolute Gasteiger partial charge is 0.490 e. The molecule has 0 saturated carbocycles. The number of hydrogen-bond donors (Lipinski definition) is 15. The summed E-state index contributed by atoms with van der Waals surface area (Å²) in [6.07, 6.45) is 6.01. The number of aliphatic carboxylic acids is 1. The molecule has 0 spiro atoms. The fourth-order valence-corrected chi connectivity index (χ4v) is 12.4. The molecule has 20 N–H and O–H groups in total. The Kier molecular flexibility index (Phi) is 35.6. The van der Waals surface area contributed by atoms with Crippen LogP contribution in [0.15, 0.2) is 35.5 Å². The van der Waals surface area contributed by atoms with Crippen molar-refractivity contribution in [3.05, 3.63) is 58.1 Å². The zero-order valence-electron chi connectivity index (χ0n) is 58.5. The number of unbranched alkanes of at least 4 members (excludes halogenated alkanes) is 1. The van der Waals surface area contributed by atoms with Crippen molar-refractivity contribution in [1.29, 1.82) is 0 Å². The van der Waals surface area contributed by atoms with E-state index in [0.717, 1.165) is 8.96 Å². The number of ether oxygens (including phenoxy) is 3. The number of allylic oxidation sites excluding steroid dienone is 3. The maximum Gasteiger partial charge on any atom is 0.737 e. The van der Waals surface area contributed by atoms with Crippen LogP contribution in [-0.4, -0.2) is 194 Å². The molecule has 4 rings (SSSR count). The van der Waals surface area contributed by atoms with E-state index in [-0.39, 0.29) is 124 Å². The molecule has 0 bridgehead atoms. The second-order valence-corrected chi connectivity index (χ2v) is 27.0. The molecule has 98 heavy (non-hydrogen) atoms. The number of rotatable bonds is 47. The molecule has 0 aliphatic carbocycles. The van der Waals surface area contributed by atoms with Gasteiger partial charge in [0.2, 0.25) is 41.2 Å². The molecule has 0 saturated heterocycles. The lowest BCUT2D eigenvalue weighted by molar-refractivity contribution is -0.363.